The number of hydrogen-bond donors (Lipinski definition) is 2. The molecule has 0 saturated heterocycles. The molecular weight excluding hydrogens is 402 g/mol. The average molecular weight is 425 g/mol. The van der Waals surface area contributed by atoms with Gasteiger partial charge in [-0.05, 0) is 41.8 Å². The van der Waals surface area contributed by atoms with Crippen LogP contribution < -0.4 is 10.6 Å². The Morgan fingerprint density at radius 1 is 0.844 bits per heavy atom. The molecule has 2 N–H and O–H groups in total. The van der Waals surface area contributed by atoms with Gasteiger partial charge in [-0.1, -0.05) is 60.7 Å². The van der Waals surface area contributed by atoms with Crippen LogP contribution in [0.15, 0.2) is 84.6 Å². The molecule has 0 saturated carbocycles. The molecule has 3 aromatic carbocycles. The van der Waals surface area contributed by atoms with Crippen molar-refractivity contribution in [3.05, 3.63) is 101 Å². The first-order valence-corrected chi connectivity index (χ1v) is 10.3. The number of benzene rings is 3. The van der Waals surface area contributed by atoms with Crippen molar-refractivity contribution in [3.8, 4) is 0 Å². The van der Waals surface area contributed by atoms with Gasteiger partial charge in [0.25, 0.3) is 11.8 Å². The molecule has 160 valence electrons. The first-order valence-electron chi connectivity index (χ1n) is 10.3. The van der Waals surface area contributed by atoms with Crippen LogP contribution in [0, 0.1) is 6.92 Å². The maximum absolute atomic E-state index is 13.4. The van der Waals surface area contributed by atoms with Crippen LogP contribution >= 0.6 is 0 Å². The van der Waals surface area contributed by atoms with E-state index in [1.807, 2.05) is 61.5 Å². The minimum absolute atomic E-state index is 0.181. The smallest absolute Gasteiger partial charge is 0.278 e. The van der Waals surface area contributed by atoms with Gasteiger partial charge < -0.3 is 10.6 Å². The third-order valence-electron chi connectivity index (χ3n) is 5.25. The molecule has 0 bridgehead atoms. The SMILES string of the molecule is CC(=O)Nc1ccc(C2=C(Nc3ccccc3C)C(=O)N(Cc3ccccc3)C2=O)cc1. The lowest BCUT2D eigenvalue weighted by atomic mass is 10.0. The number of rotatable bonds is 6. The van der Waals surface area contributed by atoms with E-state index in [0.717, 1.165) is 16.8 Å². The normalized spacial score (nSPS) is 13.5. The van der Waals surface area contributed by atoms with Crippen LogP contribution in [0.1, 0.15) is 23.6 Å². The Morgan fingerprint density at radius 2 is 1.50 bits per heavy atom. The Labute approximate surface area is 186 Å². The van der Waals surface area contributed by atoms with Gasteiger partial charge in [-0.15, -0.1) is 0 Å². The summed E-state index contributed by atoms with van der Waals surface area (Å²) in [7, 11) is 0. The Bertz CT molecular complexity index is 1210. The lowest BCUT2D eigenvalue weighted by Crippen LogP contribution is -2.32. The molecular formula is C26H23N3O3. The Kier molecular flexibility index (Phi) is 5.85. The number of amides is 3. The molecule has 0 atom stereocenters. The van der Waals surface area contributed by atoms with Gasteiger partial charge in [0.2, 0.25) is 5.91 Å². The monoisotopic (exact) mass is 425 g/mol. The second kappa shape index (κ2) is 8.89. The molecule has 0 spiro atoms. The number of carbonyl (C=O) groups excluding carboxylic acids is 3. The third kappa shape index (κ3) is 4.30. The second-order valence-corrected chi connectivity index (χ2v) is 7.63. The maximum Gasteiger partial charge on any atom is 0.278 e. The fraction of sp³-hybridized carbons (Fsp3) is 0.115. The highest BCUT2D eigenvalue weighted by Gasteiger charge is 2.39. The molecule has 0 aliphatic carbocycles. The molecule has 1 aliphatic rings. The number of imide groups is 1. The molecule has 6 nitrogen and oxygen atoms in total. The van der Waals surface area contributed by atoms with Crippen LogP contribution in [-0.2, 0) is 20.9 Å². The molecule has 3 aromatic rings. The van der Waals surface area contributed by atoms with Gasteiger partial charge in [0.1, 0.15) is 5.70 Å². The van der Waals surface area contributed by atoms with E-state index in [-0.39, 0.29) is 30.0 Å². The van der Waals surface area contributed by atoms with Gasteiger partial charge in [-0.25, -0.2) is 0 Å². The summed E-state index contributed by atoms with van der Waals surface area (Å²) in [6, 6.07) is 23.9. The minimum atomic E-state index is -0.372. The number of anilines is 2. The number of carbonyl (C=O) groups is 3. The van der Waals surface area contributed by atoms with E-state index in [4.69, 9.17) is 0 Å². The van der Waals surface area contributed by atoms with E-state index in [1.54, 1.807) is 24.3 Å². The molecule has 0 fully saturated rings. The fourth-order valence-corrected chi connectivity index (χ4v) is 3.64. The minimum Gasteiger partial charge on any atom is -0.350 e. The summed E-state index contributed by atoms with van der Waals surface area (Å²) in [6.07, 6.45) is 0. The highest BCUT2D eigenvalue weighted by molar-refractivity contribution is 6.36. The standard InChI is InChI=1S/C26H23N3O3/c1-17-8-6-7-11-22(17)28-24-23(20-12-14-21(15-13-20)27-18(2)30)25(31)29(26(24)32)16-19-9-4-3-5-10-19/h3-15,28H,16H2,1-2H3,(H,27,30). The molecule has 6 heteroatoms. The van der Waals surface area contributed by atoms with Crippen LogP contribution in [0.4, 0.5) is 11.4 Å². The van der Waals surface area contributed by atoms with E-state index < -0.39 is 0 Å². The van der Waals surface area contributed by atoms with Crippen molar-refractivity contribution in [2.75, 3.05) is 10.6 Å². The Hall–Kier alpha value is -4.19. The molecule has 0 unspecified atom stereocenters. The Balaban J connectivity index is 1.73. The topological polar surface area (TPSA) is 78.5 Å². The van der Waals surface area contributed by atoms with Crippen molar-refractivity contribution in [1.82, 2.24) is 4.90 Å². The molecule has 4 rings (SSSR count). The zero-order valence-electron chi connectivity index (χ0n) is 17.9. The maximum atomic E-state index is 13.4. The lowest BCUT2D eigenvalue weighted by Gasteiger charge is -2.15. The summed E-state index contributed by atoms with van der Waals surface area (Å²) < 4.78 is 0. The lowest BCUT2D eigenvalue weighted by molar-refractivity contribution is -0.137. The molecule has 32 heavy (non-hydrogen) atoms. The van der Waals surface area contributed by atoms with Gasteiger partial charge in [-0.3, -0.25) is 19.3 Å². The van der Waals surface area contributed by atoms with Crippen molar-refractivity contribution in [1.29, 1.82) is 0 Å². The number of nitrogens with zero attached hydrogens (tertiary/aromatic N) is 1. The predicted molar refractivity (Wildman–Crippen MR) is 124 cm³/mol. The van der Waals surface area contributed by atoms with Crippen LogP contribution in [-0.4, -0.2) is 22.6 Å². The van der Waals surface area contributed by atoms with Crippen molar-refractivity contribution in [2.45, 2.75) is 20.4 Å². The largest absolute Gasteiger partial charge is 0.350 e. The van der Waals surface area contributed by atoms with Gasteiger partial charge >= 0.3 is 0 Å². The molecule has 0 radical (unpaired) electrons. The second-order valence-electron chi connectivity index (χ2n) is 7.63. The summed E-state index contributed by atoms with van der Waals surface area (Å²) in [5.41, 5.74) is 4.36. The molecule has 3 amide bonds. The van der Waals surface area contributed by atoms with Crippen LogP contribution in [0.3, 0.4) is 0 Å². The van der Waals surface area contributed by atoms with Crippen LogP contribution in [0.25, 0.3) is 5.57 Å². The van der Waals surface area contributed by atoms with Crippen molar-refractivity contribution in [2.24, 2.45) is 0 Å². The highest BCUT2D eigenvalue weighted by atomic mass is 16.2. The van der Waals surface area contributed by atoms with E-state index in [2.05, 4.69) is 10.6 Å². The molecule has 1 aliphatic heterocycles. The van der Waals surface area contributed by atoms with Crippen molar-refractivity contribution >= 4 is 34.7 Å². The van der Waals surface area contributed by atoms with Crippen molar-refractivity contribution in [3.63, 3.8) is 0 Å². The highest BCUT2D eigenvalue weighted by Crippen LogP contribution is 2.32. The van der Waals surface area contributed by atoms with E-state index in [9.17, 15) is 14.4 Å². The van der Waals surface area contributed by atoms with E-state index in [0.29, 0.717) is 16.8 Å². The first-order chi connectivity index (χ1) is 15.4. The average Bonchev–Trinajstić information content (AvgIpc) is 3.00. The number of hydrogen-bond acceptors (Lipinski definition) is 4. The predicted octanol–water partition coefficient (Wildman–Crippen LogP) is 4.35. The summed E-state index contributed by atoms with van der Waals surface area (Å²) in [4.78, 5) is 39.3. The fourth-order valence-electron chi connectivity index (χ4n) is 3.64. The number of para-hydroxylation sites is 1. The van der Waals surface area contributed by atoms with E-state index >= 15 is 0 Å². The van der Waals surface area contributed by atoms with Gasteiger partial charge in [0, 0.05) is 18.3 Å². The zero-order chi connectivity index (χ0) is 22.7. The summed E-state index contributed by atoms with van der Waals surface area (Å²) >= 11 is 0. The van der Waals surface area contributed by atoms with Crippen molar-refractivity contribution < 1.29 is 14.4 Å². The first kappa shape index (κ1) is 21.1. The van der Waals surface area contributed by atoms with Crippen LogP contribution in [0.2, 0.25) is 0 Å². The zero-order valence-corrected chi connectivity index (χ0v) is 17.9. The van der Waals surface area contributed by atoms with Gasteiger partial charge in [0.15, 0.2) is 0 Å². The number of aryl methyl sites for hydroxylation is 1. The molecule has 0 aromatic heterocycles. The van der Waals surface area contributed by atoms with Gasteiger partial charge in [-0.2, -0.15) is 0 Å². The third-order valence-corrected chi connectivity index (χ3v) is 5.25. The van der Waals surface area contributed by atoms with E-state index in [1.165, 1.54) is 11.8 Å². The molecule has 1 heterocycles. The number of nitrogens with one attached hydrogen (secondary N) is 2. The van der Waals surface area contributed by atoms with Gasteiger partial charge in [0.05, 0.1) is 12.1 Å². The summed E-state index contributed by atoms with van der Waals surface area (Å²) in [6.45, 7) is 3.56. The Morgan fingerprint density at radius 3 is 2.16 bits per heavy atom. The summed E-state index contributed by atoms with van der Waals surface area (Å²) in [5.74, 6) is -0.912. The quantitative estimate of drug-likeness (QED) is 0.576. The summed E-state index contributed by atoms with van der Waals surface area (Å²) in [5, 5.41) is 5.91. The van der Waals surface area contributed by atoms with Crippen LogP contribution in [0.5, 0.6) is 0 Å².